The standard InChI is InChI=1S/C20H35F/c1-4-5-6-7-16-8-10-17(11-9-16)19-13-12-18(15(2)3)14-20(19)21/h16-20H,2,4-14H2,1,3H3. The third-order valence-corrected chi connectivity index (χ3v) is 6.23. The van der Waals surface area contributed by atoms with Gasteiger partial charge in [0.05, 0.1) is 0 Å². The lowest BCUT2D eigenvalue weighted by Gasteiger charge is -2.40. The lowest BCUT2D eigenvalue weighted by atomic mass is 9.67. The summed E-state index contributed by atoms with van der Waals surface area (Å²) in [7, 11) is 0. The predicted molar refractivity (Wildman–Crippen MR) is 90.1 cm³/mol. The molecule has 0 amide bonds. The highest BCUT2D eigenvalue weighted by atomic mass is 19.1. The second-order valence-electron chi connectivity index (χ2n) is 7.81. The first-order valence-electron chi connectivity index (χ1n) is 9.41. The maximum Gasteiger partial charge on any atom is 0.104 e. The molecule has 122 valence electrons. The quantitative estimate of drug-likeness (QED) is 0.377. The molecule has 0 aliphatic heterocycles. The molecular weight excluding hydrogens is 259 g/mol. The molecule has 0 aromatic rings. The van der Waals surface area contributed by atoms with Crippen LogP contribution in [0.4, 0.5) is 4.39 Å². The second kappa shape index (κ2) is 8.34. The first kappa shape index (κ1) is 17.0. The number of unbranched alkanes of at least 4 members (excludes halogenated alkanes) is 2. The lowest BCUT2D eigenvalue weighted by Crippen LogP contribution is -2.34. The van der Waals surface area contributed by atoms with Crippen molar-refractivity contribution in [3.8, 4) is 0 Å². The predicted octanol–water partition coefficient (Wildman–Crippen LogP) is 6.70. The smallest absolute Gasteiger partial charge is 0.104 e. The molecule has 0 N–H and O–H groups in total. The summed E-state index contributed by atoms with van der Waals surface area (Å²) in [6.07, 6.45) is 13.3. The molecule has 0 heterocycles. The van der Waals surface area contributed by atoms with Crippen LogP contribution in [0.5, 0.6) is 0 Å². The Hall–Kier alpha value is -0.330. The molecule has 2 rings (SSSR count). The van der Waals surface area contributed by atoms with Crippen LogP contribution in [0, 0.1) is 23.7 Å². The number of allylic oxidation sites excluding steroid dienone is 1. The van der Waals surface area contributed by atoms with E-state index in [1.807, 2.05) is 0 Å². The Morgan fingerprint density at radius 2 is 1.76 bits per heavy atom. The second-order valence-corrected chi connectivity index (χ2v) is 7.81. The van der Waals surface area contributed by atoms with Gasteiger partial charge in [0.25, 0.3) is 0 Å². The van der Waals surface area contributed by atoms with Gasteiger partial charge in [0.2, 0.25) is 0 Å². The topological polar surface area (TPSA) is 0 Å². The number of hydrogen-bond acceptors (Lipinski definition) is 0. The van der Waals surface area contributed by atoms with Gasteiger partial charge in [-0.2, -0.15) is 0 Å². The highest BCUT2D eigenvalue weighted by Gasteiger charge is 2.37. The highest BCUT2D eigenvalue weighted by Crippen LogP contribution is 2.44. The van der Waals surface area contributed by atoms with E-state index in [1.165, 1.54) is 63.4 Å². The summed E-state index contributed by atoms with van der Waals surface area (Å²) in [5.74, 6) is 2.42. The molecule has 0 aromatic carbocycles. The molecule has 3 atom stereocenters. The maximum atomic E-state index is 14.5. The fourth-order valence-electron chi connectivity index (χ4n) is 4.71. The van der Waals surface area contributed by atoms with Crippen LogP contribution in [-0.2, 0) is 0 Å². The molecule has 2 aliphatic rings. The summed E-state index contributed by atoms with van der Waals surface area (Å²) in [4.78, 5) is 0. The van der Waals surface area contributed by atoms with Gasteiger partial charge in [0.15, 0.2) is 0 Å². The molecule has 2 saturated carbocycles. The van der Waals surface area contributed by atoms with E-state index in [-0.39, 0.29) is 0 Å². The van der Waals surface area contributed by atoms with E-state index in [1.54, 1.807) is 0 Å². The fourth-order valence-corrected chi connectivity index (χ4v) is 4.71. The van der Waals surface area contributed by atoms with Crippen LogP contribution in [0.25, 0.3) is 0 Å². The molecule has 0 saturated heterocycles. The molecule has 0 spiro atoms. The van der Waals surface area contributed by atoms with Gasteiger partial charge in [-0.3, -0.25) is 0 Å². The van der Waals surface area contributed by atoms with Crippen molar-refractivity contribution in [2.45, 2.75) is 90.6 Å². The van der Waals surface area contributed by atoms with E-state index in [2.05, 4.69) is 20.4 Å². The van der Waals surface area contributed by atoms with Crippen LogP contribution in [0.3, 0.4) is 0 Å². The van der Waals surface area contributed by atoms with Gasteiger partial charge >= 0.3 is 0 Å². The van der Waals surface area contributed by atoms with Gasteiger partial charge in [-0.15, -0.1) is 0 Å². The Morgan fingerprint density at radius 3 is 2.33 bits per heavy atom. The minimum Gasteiger partial charge on any atom is -0.247 e. The molecule has 0 aromatic heterocycles. The third-order valence-electron chi connectivity index (χ3n) is 6.23. The van der Waals surface area contributed by atoms with Crippen LogP contribution < -0.4 is 0 Å². The Labute approximate surface area is 131 Å². The van der Waals surface area contributed by atoms with Crippen molar-refractivity contribution in [1.29, 1.82) is 0 Å². The van der Waals surface area contributed by atoms with Crippen molar-refractivity contribution in [1.82, 2.24) is 0 Å². The molecule has 21 heavy (non-hydrogen) atoms. The van der Waals surface area contributed by atoms with Crippen molar-refractivity contribution in [2.75, 3.05) is 0 Å². The summed E-state index contributed by atoms with van der Waals surface area (Å²) < 4.78 is 14.5. The van der Waals surface area contributed by atoms with Crippen LogP contribution in [0.1, 0.15) is 84.5 Å². The first-order valence-corrected chi connectivity index (χ1v) is 9.41. The Balaban J connectivity index is 1.73. The van der Waals surface area contributed by atoms with Crippen molar-refractivity contribution >= 4 is 0 Å². The van der Waals surface area contributed by atoms with Gasteiger partial charge in [-0.05, 0) is 62.7 Å². The zero-order valence-electron chi connectivity index (χ0n) is 14.2. The molecule has 0 nitrogen and oxygen atoms in total. The summed E-state index contributed by atoms with van der Waals surface area (Å²) >= 11 is 0. The molecular formula is C20H35F. The van der Waals surface area contributed by atoms with E-state index in [4.69, 9.17) is 0 Å². The average molecular weight is 294 g/mol. The summed E-state index contributed by atoms with van der Waals surface area (Å²) in [5, 5.41) is 0. The zero-order chi connectivity index (χ0) is 15.2. The minimum atomic E-state index is -0.568. The molecule has 3 unspecified atom stereocenters. The molecule has 1 heteroatoms. The van der Waals surface area contributed by atoms with Crippen molar-refractivity contribution < 1.29 is 4.39 Å². The molecule has 0 bridgehead atoms. The molecule has 2 fully saturated rings. The highest BCUT2D eigenvalue weighted by molar-refractivity contribution is 5.01. The SMILES string of the molecule is C=C(C)C1CCC(C2CCC(CCCCC)CC2)C(F)C1. The molecule has 0 radical (unpaired) electrons. The van der Waals surface area contributed by atoms with Crippen molar-refractivity contribution in [3.05, 3.63) is 12.2 Å². The maximum absolute atomic E-state index is 14.5. The summed E-state index contributed by atoms with van der Waals surface area (Å²) in [6, 6.07) is 0. The van der Waals surface area contributed by atoms with Crippen molar-refractivity contribution in [3.63, 3.8) is 0 Å². The number of alkyl halides is 1. The Morgan fingerprint density at radius 1 is 1.05 bits per heavy atom. The van der Waals surface area contributed by atoms with Gasteiger partial charge < -0.3 is 0 Å². The van der Waals surface area contributed by atoms with Gasteiger partial charge in [-0.1, -0.05) is 57.6 Å². The average Bonchev–Trinajstić information content (AvgIpc) is 2.48. The van der Waals surface area contributed by atoms with Gasteiger partial charge in [0, 0.05) is 0 Å². The number of halogens is 1. The normalized spacial score (nSPS) is 37.4. The van der Waals surface area contributed by atoms with E-state index in [0.717, 1.165) is 18.8 Å². The van der Waals surface area contributed by atoms with Crippen LogP contribution in [0.15, 0.2) is 12.2 Å². The summed E-state index contributed by atoms with van der Waals surface area (Å²) in [5.41, 5.74) is 1.19. The van der Waals surface area contributed by atoms with Crippen molar-refractivity contribution in [2.24, 2.45) is 23.7 Å². The summed E-state index contributed by atoms with van der Waals surface area (Å²) in [6.45, 7) is 8.38. The zero-order valence-corrected chi connectivity index (χ0v) is 14.2. The Kier molecular flexibility index (Phi) is 6.76. The van der Waals surface area contributed by atoms with Crippen LogP contribution in [0.2, 0.25) is 0 Å². The van der Waals surface area contributed by atoms with Gasteiger partial charge in [-0.25, -0.2) is 4.39 Å². The third kappa shape index (κ3) is 4.83. The van der Waals surface area contributed by atoms with Crippen LogP contribution >= 0.6 is 0 Å². The number of hydrogen-bond donors (Lipinski definition) is 0. The Bertz CT molecular complexity index is 314. The van der Waals surface area contributed by atoms with Gasteiger partial charge in [0.1, 0.15) is 6.17 Å². The first-order chi connectivity index (χ1) is 10.1. The lowest BCUT2D eigenvalue weighted by molar-refractivity contribution is 0.0650. The monoisotopic (exact) mass is 294 g/mol. The fraction of sp³-hybridized carbons (Fsp3) is 0.900. The van der Waals surface area contributed by atoms with E-state index in [9.17, 15) is 4.39 Å². The van der Waals surface area contributed by atoms with Crippen LogP contribution in [-0.4, -0.2) is 6.17 Å². The largest absolute Gasteiger partial charge is 0.247 e. The van der Waals surface area contributed by atoms with E-state index in [0.29, 0.717) is 17.8 Å². The minimum absolute atomic E-state index is 0.359. The van der Waals surface area contributed by atoms with E-state index < -0.39 is 6.17 Å². The molecule has 2 aliphatic carbocycles. The van der Waals surface area contributed by atoms with E-state index >= 15 is 0 Å². The number of rotatable bonds is 6.